The van der Waals surface area contributed by atoms with Gasteiger partial charge in [-0.25, -0.2) is 0 Å². The van der Waals surface area contributed by atoms with Gasteiger partial charge in [0.2, 0.25) is 0 Å². The number of ether oxygens (including phenoxy) is 1. The maximum atomic E-state index is 11.5. The average Bonchev–Trinajstić information content (AvgIpc) is 2.88. The molecule has 2 heteroatoms. The predicted molar refractivity (Wildman–Crippen MR) is 142 cm³/mol. The van der Waals surface area contributed by atoms with Crippen LogP contribution in [-0.4, -0.2) is 12.4 Å². The molecular weight excluding hydrogens is 416 g/mol. The smallest absolute Gasteiger partial charge is 0.132 e. The number of hydrogen-bond donors (Lipinski definition) is 0. The molecule has 2 nitrogen and oxygen atoms in total. The van der Waals surface area contributed by atoms with Gasteiger partial charge in [-0.2, -0.15) is 0 Å². The number of rotatable bonds is 9. The summed E-state index contributed by atoms with van der Waals surface area (Å²) >= 11 is 0. The Hall–Kier alpha value is -3.91. The summed E-state index contributed by atoms with van der Waals surface area (Å²) < 4.78 is 5.91. The van der Waals surface area contributed by atoms with Gasteiger partial charge in [0.05, 0.1) is 0 Å². The van der Waals surface area contributed by atoms with Gasteiger partial charge in [-0.05, 0) is 83.1 Å². The quantitative estimate of drug-likeness (QED) is 0.261. The molecule has 0 N–H and O–H groups in total. The summed E-state index contributed by atoms with van der Waals surface area (Å²) in [7, 11) is 0. The molecule has 0 aliphatic heterocycles. The van der Waals surface area contributed by atoms with E-state index in [-0.39, 0.29) is 11.7 Å². The minimum absolute atomic E-state index is 0.0436. The fourth-order valence-corrected chi connectivity index (χ4v) is 3.89. The van der Waals surface area contributed by atoms with E-state index in [4.69, 9.17) is 4.74 Å². The fraction of sp³-hybridized carbons (Fsp3) is 0.156. The fourth-order valence-electron chi connectivity index (χ4n) is 3.89. The Morgan fingerprint density at radius 1 is 0.765 bits per heavy atom. The van der Waals surface area contributed by atoms with Crippen molar-refractivity contribution in [3.05, 3.63) is 120 Å². The lowest BCUT2D eigenvalue weighted by Gasteiger charge is -2.10. The van der Waals surface area contributed by atoms with Crippen molar-refractivity contribution in [1.82, 2.24) is 0 Å². The zero-order valence-electron chi connectivity index (χ0n) is 19.8. The van der Waals surface area contributed by atoms with Crippen molar-refractivity contribution >= 4 is 11.9 Å². The highest BCUT2D eigenvalue weighted by Crippen LogP contribution is 2.29. The predicted octanol–water partition coefficient (Wildman–Crippen LogP) is 7.88. The Morgan fingerprint density at radius 2 is 1.32 bits per heavy atom. The minimum atomic E-state index is 0.0436. The summed E-state index contributed by atoms with van der Waals surface area (Å²) in [4.78, 5) is 11.5. The van der Waals surface area contributed by atoms with Gasteiger partial charge in [0, 0.05) is 5.92 Å². The molecular formula is C32H30O2. The van der Waals surface area contributed by atoms with E-state index in [0.29, 0.717) is 6.61 Å². The van der Waals surface area contributed by atoms with Crippen LogP contribution in [-0.2, 0) is 11.2 Å². The van der Waals surface area contributed by atoms with Crippen LogP contribution in [0.2, 0.25) is 0 Å². The Kier molecular flexibility index (Phi) is 7.72. The van der Waals surface area contributed by atoms with Gasteiger partial charge >= 0.3 is 0 Å². The van der Waals surface area contributed by atoms with Crippen molar-refractivity contribution in [1.29, 1.82) is 0 Å². The van der Waals surface area contributed by atoms with Gasteiger partial charge in [-0.3, -0.25) is 4.79 Å². The Bertz CT molecular complexity index is 1180. The molecule has 0 saturated heterocycles. The molecule has 4 rings (SSSR count). The van der Waals surface area contributed by atoms with E-state index < -0.39 is 0 Å². The monoisotopic (exact) mass is 446 g/mol. The van der Waals surface area contributed by atoms with Gasteiger partial charge in [-0.1, -0.05) is 85.8 Å². The van der Waals surface area contributed by atoms with E-state index >= 15 is 0 Å². The minimum Gasteiger partial charge on any atom is -0.490 e. The van der Waals surface area contributed by atoms with Gasteiger partial charge in [-0.15, -0.1) is 0 Å². The van der Waals surface area contributed by atoms with E-state index in [0.717, 1.165) is 23.3 Å². The molecule has 4 aromatic rings. The van der Waals surface area contributed by atoms with Crippen molar-refractivity contribution in [3.63, 3.8) is 0 Å². The second-order valence-electron chi connectivity index (χ2n) is 8.65. The first-order valence-electron chi connectivity index (χ1n) is 11.7. The molecule has 170 valence electrons. The van der Waals surface area contributed by atoms with E-state index in [1.807, 2.05) is 49.4 Å². The maximum Gasteiger partial charge on any atom is 0.132 e. The first-order chi connectivity index (χ1) is 16.6. The van der Waals surface area contributed by atoms with E-state index in [9.17, 15) is 4.79 Å². The van der Waals surface area contributed by atoms with Crippen LogP contribution in [0.5, 0.6) is 5.75 Å². The van der Waals surface area contributed by atoms with E-state index in [2.05, 4.69) is 72.8 Å². The molecule has 0 amide bonds. The van der Waals surface area contributed by atoms with Crippen molar-refractivity contribution in [2.75, 3.05) is 6.61 Å². The first kappa shape index (κ1) is 23.3. The molecule has 1 atom stereocenters. The zero-order chi connectivity index (χ0) is 23.8. The number of Topliss-reactive ketones (excluding diaryl/α,β-unsaturated/α-hetero) is 1. The molecule has 0 aliphatic rings. The van der Waals surface area contributed by atoms with Crippen LogP contribution in [0.15, 0.2) is 109 Å². The Morgan fingerprint density at radius 3 is 1.85 bits per heavy atom. The van der Waals surface area contributed by atoms with Crippen LogP contribution in [0.1, 0.15) is 25.0 Å². The summed E-state index contributed by atoms with van der Waals surface area (Å²) in [6.45, 7) is 4.10. The highest BCUT2D eigenvalue weighted by atomic mass is 16.5. The van der Waals surface area contributed by atoms with Crippen LogP contribution >= 0.6 is 0 Å². The molecule has 34 heavy (non-hydrogen) atoms. The van der Waals surface area contributed by atoms with Gasteiger partial charge in [0.1, 0.15) is 18.1 Å². The maximum absolute atomic E-state index is 11.5. The summed E-state index contributed by atoms with van der Waals surface area (Å²) in [6, 6.07) is 35.6. The molecule has 0 aromatic heterocycles. The van der Waals surface area contributed by atoms with Crippen molar-refractivity contribution in [3.8, 4) is 28.0 Å². The highest BCUT2D eigenvalue weighted by molar-refractivity contribution is 5.78. The zero-order valence-corrected chi connectivity index (χ0v) is 19.8. The lowest BCUT2D eigenvalue weighted by atomic mass is 9.96. The van der Waals surface area contributed by atoms with Crippen LogP contribution < -0.4 is 4.74 Å². The molecule has 1 unspecified atom stereocenters. The largest absolute Gasteiger partial charge is 0.490 e. The SMILES string of the molecule is CC(=O)C(C)Cc1ccc(OC/C=C/c2cc(-c3ccccc3)cc(-c3ccccc3)c2)cc1. The molecule has 0 bridgehead atoms. The molecule has 0 saturated carbocycles. The number of carbonyl (C=O) groups excluding carboxylic acids is 1. The summed E-state index contributed by atoms with van der Waals surface area (Å²) in [5.41, 5.74) is 7.07. The molecule has 4 aromatic carbocycles. The van der Waals surface area contributed by atoms with Crippen LogP contribution in [0.25, 0.3) is 28.3 Å². The van der Waals surface area contributed by atoms with E-state index in [1.165, 1.54) is 22.3 Å². The number of carbonyl (C=O) groups is 1. The van der Waals surface area contributed by atoms with Crippen molar-refractivity contribution in [2.24, 2.45) is 5.92 Å². The van der Waals surface area contributed by atoms with E-state index in [1.54, 1.807) is 6.92 Å². The molecule has 0 fully saturated rings. The van der Waals surface area contributed by atoms with Crippen molar-refractivity contribution < 1.29 is 9.53 Å². The summed E-state index contributed by atoms with van der Waals surface area (Å²) in [5, 5.41) is 0. The van der Waals surface area contributed by atoms with Crippen molar-refractivity contribution in [2.45, 2.75) is 20.3 Å². The molecule has 0 aliphatic carbocycles. The topological polar surface area (TPSA) is 26.3 Å². The number of benzene rings is 4. The van der Waals surface area contributed by atoms with Gasteiger partial charge < -0.3 is 4.74 Å². The van der Waals surface area contributed by atoms with Crippen LogP contribution in [0, 0.1) is 5.92 Å². The normalized spacial score (nSPS) is 11.9. The first-order valence-corrected chi connectivity index (χ1v) is 11.7. The Balaban J connectivity index is 1.46. The molecule has 0 radical (unpaired) electrons. The highest BCUT2D eigenvalue weighted by Gasteiger charge is 2.08. The van der Waals surface area contributed by atoms with Gasteiger partial charge in [0.15, 0.2) is 0 Å². The third-order valence-corrected chi connectivity index (χ3v) is 5.99. The Labute approximate surface area is 202 Å². The van der Waals surface area contributed by atoms with Crippen LogP contribution in [0.3, 0.4) is 0 Å². The standard InChI is InChI=1S/C32H30O2/c1-24(25(2)33)20-26-15-17-32(18-16-26)34-19-9-10-27-21-30(28-11-5-3-6-12-28)23-31(22-27)29-13-7-4-8-14-29/h3-18,21-24H,19-20H2,1-2H3/b10-9+. The molecule has 0 heterocycles. The van der Waals surface area contributed by atoms with Gasteiger partial charge in [0.25, 0.3) is 0 Å². The summed E-state index contributed by atoms with van der Waals surface area (Å²) in [5.74, 6) is 1.09. The lowest BCUT2D eigenvalue weighted by molar-refractivity contribution is -0.120. The summed E-state index contributed by atoms with van der Waals surface area (Å²) in [6.07, 6.45) is 4.92. The number of ketones is 1. The lowest BCUT2D eigenvalue weighted by Crippen LogP contribution is -2.09. The second-order valence-corrected chi connectivity index (χ2v) is 8.65. The number of hydrogen-bond acceptors (Lipinski definition) is 2. The average molecular weight is 447 g/mol. The second kappa shape index (κ2) is 11.3. The third kappa shape index (κ3) is 6.32. The molecule has 0 spiro atoms. The van der Waals surface area contributed by atoms with Crippen LogP contribution in [0.4, 0.5) is 0 Å². The third-order valence-electron chi connectivity index (χ3n) is 5.99.